The Morgan fingerprint density at radius 3 is 2.45 bits per heavy atom. The van der Waals surface area contributed by atoms with Gasteiger partial charge < -0.3 is 14.4 Å². The lowest BCUT2D eigenvalue weighted by atomic mass is 10.1. The molecule has 3 aromatic rings. The van der Waals surface area contributed by atoms with Crippen molar-refractivity contribution in [2.45, 2.75) is 45.0 Å². The summed E-state index contributed by atoms with van der Waals surface area (Å²) >= 11 is 0. The topological polar surface area (TPSA) is 81.7 Å². The molecular formula is C22H22F3NO5. The molecule has 9 heteroatoms. The van der Waals surface area contributed by atoms with Crippen LogP contribution in [0, 0.1) is 0 Å². The van der Waals surface area contributed by atoms with Gasteiger partial charge in [0.25, 0.3) is 5.56 Å². The zero-order valence-corrected chi connectivity index (χ0v) is 16.8. The Bertz CT molecular complexity index is 1100. The Labute approximate surface area is 175 Å². The number of ether oxygens (including phenoxy) is 1. The van der Waals surface area contributed by atoms with Crippen LogP contribution >= 0.6 is 0 Å². The van der Waals surface area contributed by atoms with E-state index in [4.69, 9.17) is 9.26 Å². The van der Waals surface area contributed by atoms with Gasteiger partial charge in [-0.05, 0) is 41.8 Å². The molecule has 1 unspecified atom stereocenters. The van der Waals surface area contributed by atoms with E-state index in [0.29, 0.717) is 23.3 Å². The van der Waals surface area contributed by atoms with E-state index in [9.17, 15) is 27.9 Å². The minimum atomic E-state index is -4.43. The van der Waals surface area contributed by atoms with Gasteiger partial charge in [0.15, 0.2) is 11.7 Å². The second-order valence-corrected chi connectivity index (χ2v) is 7.21. The third-order valence-corrected chi connectivity index (χ3v) is 4.83. The Morgan fingerprint density at radius 1 is 1.16 bits per heavy atom. The molecule has 6 nitrogen and oxygen atoms in total. The zero-order chi connectivity index (χ0) is 22.6. The number of aromatic nitrogens is 1. The molecule has 0 bridgehead atoms. The number of nitrogens with zero attached hydrogens (tertiary/aromatic N) is 1. The number of rotatable bonds is 9. The molecule has 3 rings (SSSR count). The molecule has 0 saturated carbocycles. The average molecular weight is 437 g/mol. The molecule has 2 aromatic carbocycles. The lowest BCUT2D eigenvalue weighted by molar-refractivity contribution is -0.150. The van der Waals surface area contributed by atoms with Crippen molar-refractivity contribution >= 4 is 16.9 Å². The second kappa shape index (κ2) is 9.38. The molecule has 0 aliphatic carbocycles. The first-order chi connectivity index (χ1) is 14.7. The van der Waals surface area contributed by atoms with Crippen molar-refractivity contribution < 1.29 is 32.3 Å². The molecule has 1 N–H and O–H groups in total. The monoisotopic (exact) mass is 437 g/mol. The zero-order valence-electron chi connectivity index (χ0n) is 16.8. The first kappa shape index (κ1) is 22.6. The minimum Gasteiger partial charge on any atom is -0.479 e. The number of aliphatic carboxylic acids is 1. The van der Waals surface area contributed by atoms with E-state index in [1.807, 2.05) is 6.92 Å². The molecule has 31 heavy (non-hydrogen) atoms. The van der Waals surface area contributed by atoms with Crippen LogP contribution in [0.25, 0.3) is 11.0 Å². The van der Waals surface area contributed by atoms with Gasteiger partial charge in [0, 0.05) is 13.0 Å². The third kappa shape index (κ3) is 5.55. The number of carboxylic acids is 1. The highest BCUT2D eigenvalue weighted by Crippen LogP contribution is 2.29. The van der Waals surface area contributed by atoms with Crippen LogP contribution in [0.15, 0.2) is 51.8 Å². The van der Waals surface area contributed by atoms with Crippen LogP contribution in [0.2, 0.25) is 0 Å². The summed E-state index contributed by atoms with van der Waals surface area (Å²) in [7, 11) is 0. The van der Waals surface area contributed by atoms with Gasteiger partial charge in [-0.15, -0.1) is 0 Å². The van der Waals surface area contributed by atoms with E-state index in [0.717, 1.165) is 29.7 Å². The van der Waals surface area contributed by atoms with Gasteiger partial charge in [-0.1, -0.05) is 31.5 Å². The molecule has 0 spiro atoms. The van der Waals surface area contributed by atoms with E-state index in [2.05, 4.69) is 0 Å². The maximum Gasteiger partial charge on any atom is 0.416 e. The van der Waals surface area contributed by atoms with Crippen LogP contribution in [0.3, 0.4) is 0 Å². The maximum absolute atomic E-state index is 12.7. The molecule has 1 atom stereocenters. The summed E-state index contributed by atoms with van der Waals surface area (Å²) in [6.07, 6.45) is -3.73. The lowest BCUT2D eigenvalue weighted by Gasteiger charge is -2.13. The van der Waals surface area contributed by atoms with Gasteiger partial charge in [0.2, 0.25) is 0 Å². The molecule has 1 heterocycles. The van der Waals surface area contributed by atoms with E-state index in [1.165, 1.54) is 12.1 Å². The summed E-state index contributed by atoms with van der Waals surface area (Å²) in [5.41, 5.74) is 0.169. The number of hydrogen-bond acceptors (Lipinski definition) is 4. The molecule has 0 saturated heterocycles. The van der Waals surface area contributed by atoms with E-state index in [1.54, 1.807) is 18.2 Å². The predicted octanol–water partition coefficient (Wildman–Crippen LogP) is 4.47. The van der Waals surface area contributed by atoms with Crippen LogP contribution in [0.4, 0.5) is 13.2 Å². The van der Waals surface area contributed by atoms with Gasteiger partial charge >= 0.3 is 12.1 Å². The van der Waals surface area contributed by atoms with Crippen LogP contribution < -0.4 is 5.56 Å². The summed E-state index contributed by atoms with van der Waals surface area (Å²) in [5.74, 6) is -1.08. The third-order valence-electron chi connectivity index (χ3n) is 4.83. The lowest BCUT2D eigenvalue weighted by Crippen LogP contribution is -2.26. The van der Waals surface area contributed by atoms with Gasteiger partial charge in [0.1, 0.15) is 0 Å². The van der Waals surface area contributed by atoms with Gasteiger partial charge in [-0.3, -0.25) is 4.79 Å². The van der Waals surface area contributed by atoms with Gasteiger partial charge in [-0.2, -0.15) is 17.9 Å². The number of unbranched alkanes of at least 4 members (excludes halogenated alkanes) is 1. The van der Waals surface area contributed by atoms with Crippen molar-refractivity contribution in [1.82, 2.24) is 4.74 Å². The van der Waals surface area contributed by atoms with E-state index in [-0.39, 0.29) is 18.4 Å². The number of halogens is 3. The number of fused-ring (bicyclic) bond motifs is 1. The van der Waals surface area contributed by atoms with Crippen molar-refractivity contribution in [2.24, 2.45) is 0 Å². The minimum absolute atomic E-state index is 0.0289. The Morgan fingerprint density at radius 2 is 1.84 bits per heavy atom. The molecule has 0 fully saturated rings. The molecule has 0 radical (unpaired) electrons. The summed E-state index contributed by atoms with van der Waals surface area (Å²) in [6, 6.07) is 9.27. The van der Waals surface area contributed by atoms with Crippen molar-refractivity contribution in [3.8, 4) is 0 Å². The van der Waals surface area contributed by atoms with E-state index < -0.39 is 29.4 Å². The quantitative estimate of drug-likeness (QED) is 0.500. The summed E-state index contributed by atoms with van der Waals surface area (Å²) in [5, 5.41) is 9.63. The fraction of sp³-hybridized carbons (Fsp3) is 0.364. The van der Waals surface area contributed by atoms with Gasteiger partial charge in [0.05, 0.1) is 17.5 Å². The fourth-order valence-corrected chi connectivity index (χ4v) is 3.12. The molecular weight excluding hydrogens is 415 g/mol. The smallest absolute Gasteiger partial charge is 0.416 e. The molecule has 1 aromatic heterocycles. The van der Waals surface area contributed by atoms with Crippen molar-refractivity contribution in [3.63, 3.8) is 0 Å². The van der Waals surface area contributed by atoms with Crippen LogP contribution in [-0.4, -0.2) is 28.5 Å². The number of hydrogen-bond donors (Lipinski definition) is 1. The van der Waals surface area contributed by atoms with E-state index >= 15 is 0 Å². The first-order valence-corrected chi connectivity index (χ1v) is 9.82. The molecule has 0 amide bonds. The summed E-state index contributed by atoms with van der Waals surface area (Å²) < 4.78 is 50.1. The maximum atomic E-state index is 12.7. The fourth-order valence-electron chi connectivity index (χ4n) is 3.12. The number of alkyl halides is 3. The summed E-state index contributed by atoms with van der Waals surface area (Å²) in [6.45, 7) is 2.28. The highest BCUT2D eigenvalue weighted by atomic mass is 19.4. The number of carbonyl (C=O) groups is 1. The summed E-state index contributed by atoms with van der Waals surface area (Å²) in [4.78, 5) is 24.1. The van der Waals surface area contributed by atoms with Crippen LogP contribution in [0.5, 0.6) is 0 Å². The van der Waals surface area contributed by atoms with Crippen molar-refractivity contribution in [1.29, 1.82) is 0 Å². The SMILES string of the molecule is CCCCOC(Cc1ccc2on(Cc3ccc(C(F)(F)F)cc3)c(=O)c2c1)C(=O)O. The molecule has 0 aliphatic heterocycles. The van der Waals surface area contributed by atoms with Crippen molar-refractivity contribution in [2.75, 3.05) is 6.61 Å². The standard InChI is InChI=1S/C22H22F3NO5/c1-2-3-10-30-19(21(28)29)12-15-6-9-18-17(11-15)20(27)26(31-18)13-14-4-7-16(8-5-14)22(23,24)25/h4-9,11,19H,2-3,10,12-13H2,1H3,(H,28,29). The molecule has 0 aliphatic rings. The largest absolute Gasteiger partial charge is 0.479 e. The highest BCUT2D eigenvalue weighted by molar-refractivity contribution is 5.77. The first-order valence-electron chi connectivity index (χ1n) is 9.82. The Balaban J connectivity index is 1.79. The van der Waals surface area contributed by atoms with Crippen LogP contribution in [-0.2, 0) is 28.7 Å². The van der Waals surface area contributed by atoms with Gasteiger partial charge in [-0.25, -0.2) is 4.79 Å². The average Bonchev–Trinajstić information content (AvgIpc) is 3.02. The number of benzene rings is 2. The number of carboxylic acid groups (broad SMARTS) is 1. The second-order valence-electron chi connectivity index (χ2n) is 7.21. The highest BCUT2D eigenvalue weighted by Gasteiger charge is 2.30. The van der Waals surface area contributed by atoms with Crippen molar-refractivity contribution in [3.05, 3.63) is 69.5 Å². The molecule has 166 valence electrons. The Hall–Kier alpha value is -3.07. The Kier molecular flexibility index (Phi) is 6.84. The predicted molar refractivity (Wildman–Crippen MR) is 107 cm³/mol. The van der Waals surface area contributed by atoms with Crippen LogP contribution in [0.1, 0.15) is 36.5 Å². The normalized spacial score (nSPS) is 12.9.